The van der Waals surface area contributed by atoms with Crippen molar-refractivity contribution in [2.24, 2.45) is 22.7 Å². The molecule has 7 aliphatic rings. The van der Waals surface area contributed by atoms with Gasteiger partial charge in [-0.3, -0.25) is 19.2 Å². The molecule has 3 saturated carbocycles. The van der Waals surface area contributed by atoms with Crippen LogP contribution in [0, 0.1) is 22.7 Å². The van der Waals surface area contributed by atoms with E-state index >= 15 is 0 Å². The minimum atomic E-state index is -1.61. The highest BCUT2D eigenvalue weighted by molar-refractivity contribution is 5.85. The zero-order valence-electron chi connectivity index (χ0n) is 31.4. The van der Waals surface area contributed by atoms with Gasteiger partial charge in [0.05, 0.1) is 12.2 Å². The topological polar surface area (TPSA) is 192 Å². The van der Waals surface area contributed by atoms with Gasteiger partial charge in [0, 0.05) is 64.0 Å². The van der Waals surface area contributed by atoms with E-state index in [9.17, 15) is 29.1 Å². The van der Waals surface area contributed by atoms with Crippen molar-refractivity contribution < 1.29 is 71.7 Å². The first-order valence-electron chi connectivity index (χ1n) is 18.4. The summed E-state index contributed by atoms with van der Waals surface area (Å²) >= 11 is 0. The molecule has 3 aliphatic heterocycles. The highest BCUT2D eigenvalue weighted by atomic mass is 16.7. The highest BCUT2D eigenvalue weighted by Crippen LogP contribution is 2.78. The lowest BCUT2D eigenvalue weighted by atomic mass is 9.42. The van der Waals surface area contributed by atoms with Crippen molar-refractivity contribution in [3.05, 3.63) is 23.3 Å². The Labute approximate surface area is 307 Å². The number of cyclic esters (lactones) is 1. The predicted octanol–water partition coefficient (Wildman–Crippen LogP) is 2.39. The van der Waals surface area contributed by atoms with E-state index in [2.05, 4.69) is 0 Å². The van der Waals surface area contributed by atoms with Crippen LogP contribution in [0.3, 0.4) is 0 Å². The van der Waals surface area contributed by atoms with E-state index in [1.54, 1.807) is 0 Å². The third-order valence-electron chi connectivity index (χ3n) is 13.2. The molecule has 53 heavy (non-hydrogen) atoms. The molecule has 0 aromatic heterocycles. The number of fused-ring (bicyclic) bond motifs is 3. The quantitative estimate of drug-likeness (QED) is 0.165. The van der Waals surface area contributed by atoms with Crippen LogP contribution in [0.2, 0.25) is 0 Å². The van der Waals surface area contributed by atoms with Crippen LogP contribution in [0.25, 0.3) is 0 Å². The van der Waals surface area contributed by atoms with Gasteiger partial charge in [-0.2, -0.15) is 0 Å². The first kappa shape index (κ1) is 37.9. The molecule has 3 heterocycles. The Hall–Kier alpha value is -3.37. The Bertz CT molecular complexity index is 1640. The Morgan fingerprint density at radius 1 is 0.925 bits per heavy atom. The fourth-order valence-electron chi connectivity index (χ4n) is 11.3. The van der Waals surface area contributed by atoms with Crippen LogP contribution in [0.5, 0.6) is 0 Å². The van der Waals surface area contributed by atoms with Gasteiger partial charge in [-0.25, -0.2) is 4.79 Å². The molecular weight excluding hydrogens is 696 g/mol. The largest absolute Gasteiger partial charge is 0.459 e. The number of hydrogen-bond acceptors (Lipinski definition) is 15. The van der Waals surface area contributed by atoms with Gasteiger partial charge < -0.3 is 47.7 Å². The van der Waals surface area contributed by atoms with Gasteiger partial charge in [0.1, 0.15) is 48.3 Å². The summed E-state index contributed by atoms with van der Waals surface area (Å²) in [5.74, 6) is -4.11. The van der Waals surface area contributed by atoms with Crippen molar-refractivity contribution >= 4 is 29.8 Å². The van der Waals surface area contributed by atoms with Crippen LogP contribution in [0.1, 0.15) is 80.6 Å². The maximum atomic E-state index is 13.2. The van der Waals surface area contributed by atoms with E-state index in [-0.39, 0.29) is 25.6 Å². The third-order valence-corrected chi connectivity index (χ3v) is 13.2. The van der Waals surface area contributed by atoms with E-state index < -0.39 is 113 Å². The number of carbonyl (C=O) groups is 5. The monoisotopic (exact) mass is 746 g/mol. The van der Waals surface area contributed by atoms with Crippen molar-refractivity contribution in [3.8, 4) is 0 Å². The van der Waals surface area contributed by atoms with Crippen molar-refractivity contribution in [2.75, 3.05) is 13.7 Å². The fraction of sp³-hybridized carbons (Fsp3) is 0.763. The Balaban J connectivity index is 1.33. The molecule has 2 saturated heterocycles. The molecule has 15 nitrogen and oxygen atoms in total. The number of esters is 5. The number of ether oxygens (including phenoxy) is 9. The molecule has 15 atom stereocenters. The second-order valence-corrected chi connectivity index (χ2v) is 16.2. The molecule has 7 rings (SSSR count). The maximum Gasteiger partial charge on any atom is 0.331 e. The number of methoxy groups -OCH3 is 1. The second kappa shape index (κ2) is 13.1. The molecule has 0 radical (unpaired) electrons. The van der Waals surface area contributed by atoms with E-state index in [1.165, 1.54) is 40.9 Å². The third kappa shape index (κ3) is 5.75. The lowest BCUT2D eigenvalue weighted by molar-refractivity contribution is -0.293. The van der Waals surface area contributed by atoms with E-state index in [4.69, 9.17) is 42.6 Å². The van der Waals surface area contributed by atoms with Crippen LogP contribution in [-0.2, 0) is 66.6 Å². The Morgan fingerprint density at radius 3 is 2.19 bits per heavy atom. The predicted molar refractivity (Wildman–Crippen MR) is 178 cm³/mol. The van der Waals surface area contributed by atoms with Gasteiger partial charge in [0.15, 0.2) is 12.4 Å². The SMILES string of the molecule is CO[C@@H]1C[C@@H](C)O[C@@H](O[C@@H]2C=C3C[C@@H]4O[C@]45[C@H]([C@H](OC(C)=O)[C@@H](OC(C)=O)[C@]4(C)[C@@H](C6=CC(=O)OC6)CC[C@@]45O)[C@@]3(C)C[C@H]2OC(C)=O)[C@H]1OC(C)=O. The summed E-state index contributed by atoms with van der Waals surface area (Å²) in [6.07, 6.45) is -2.43. The zero-order chi connectivity index (χ0) is 38.4. The van der Waals surface area contributed by atoms with Gasteiger partial charge in [-0.1, -0.05) is 25.5 Å². The van der Waals surface area contributed by atoms with Crippen molar-refractivity contribution in [1.29, 1.82) is 0 Å². The lowest BCUT2D eigenvalue weighted by Gasteiger charge is -2.64. The molecule has 15 heteroatoms. The molecule has 0 amide bonds. The van der Waals surface area contributed by atoms with Crippen LogP contribution in [0.15, 0.2) is 23.3 Å². The second-order valence-electron chi connectivity index (χ2n) is 16.2. The first-order chi connectivity index (χ1) is 24.9. The average Bonchev–Trinajstić information content (AvgIpc) is 3.50. The molecule has 0 bridgehead atoms. The highest BCUT2D eigenvalue weighted by Gasteiger charge is 2.89. The van der Waals surface area contributed by atoms with Crippen LogP contribution < -0.4 is 0 Å². The number of carbonyl (C=O) groups excluding carboxylic acids is 5. The zero-order valence-corrected chi connectivity index (χ0v) is 31.4. The van der Waals surface area contributed by atoms with Gasteiger partial charge >= 0.3 is 29.8 Å². The summed E-state index contributed by atoms with van der Waals surface area (Å²) in [5, 5.41) is 13.2. The van der Waals surface area contributed by atoms with Gasteiger partial charge in [0.2, 0.25) is 0 Å². The molecule has 0 aromatic rings. The van der Waals surface area contributed by atoms with Gasteiger partial charge in [0.25, 0.3) is 0 Å². The normalized spacial score (nSPS) is 46.6. The van der Waals surface area contributed by atoms with Crippen molar-refractivity contribution in [3.63, 3.8) is 0 Å². The smallest absolute Gasteiger partial charge is 0.331 e. The molecule has 292 valence electrons. The van der Waals surface area contributed by atoms with Crippen LogP contribution in [0.4, 0.5) is 0 Å². The van der Waals surface area contributed by atoms with E-state index in [0.717, 1.165) is 5.57 Å². The molecule has 1 N–H and O–H groups in total. The Kier molecular flexibility index (Phi) is 9.40. The summed E-state index contributed by atoms with van der Waals surface area (Å²) in [6.45, 7) is 10.8. The summed E-state index contributed by atoms with van der Waals surface area (Å²) in [7, 11) is 1.52. The number of epoxide rings is 1. The molecular formula is C38H50O15. The van der Waals surface area contributed by atoms with Gasteiger partial charge in [-0.05, 0) is 44.1 Å². The van der Waals surface area contributed by atoms with Crippen LogP contribution >= 0.6 is 0 Å². The fourth-order valence-corrected chi connectivity index (χ4v) is 11.3. The number of aliphatic hydroxyl groups is 1. The molecule has 0 unspecified atom stereocenters. The van der Waals surface area contributed by atoms with E-state index in [0.29, 0.717) is 24.8 Å². The summed E-state index contributed by atoms with van der Waals surface area (Å²) < 4.78 is 54.3. The molecule has 0 aromatic carbocycles. The maximum absolute atomic E-state index is 13.2. The standard InChI is InChI=1S/C38H50O15/c1-17-11-26(45-8)30(49-19(3)40)34(47-17)52-25-13-23-14-28-38(53-28)32(35(23,6)15-27(25)48-18(2)39)31(50-20(4)41)33(51-21(5)42)36(7)24(9-10-37(36,38)44)22-12-29(43)46-16-22/h12-13,17,24-28,30-34,44H,9-11,14-16H2,1-8H3/t17-,24-,25-,26-,27-,28+,30+,31+,32-,33-,34+,35+,36+,37-,38+/m1/s1. The van der Waals surface area contributed by atoms with Crippen molar-refractivity contribution in [1.82, 2.24) is 0 Å². The summed E-state index contributed by atoms with van der Waals surface area (Å²) in [6, 6.07) is 0. The molecule has 1 spiro atoms. The van der Waals surface area contributed by atoms with E-state index in [1.807, 2.05) is 26.8 Å². The first-order valence-corrected chi connectivity index (χ1v) is 18.4. The number of rotatable bonds is 8. The lowest BCUT2D eigenvalue weighted by Crippen LogP contribution is -2.77. The Morgan fingerprint density at radius 2 is 1.58 bits per heavy atom. The molecule has 4 aliphatic carbocycles. The summed E-state index contributed by atoms with van der Waals surface area (Å²) in [4.78, 5) is 63.1. The number of hydrogen-bond donors (Lipinski definition) is 1. The summed E-state index contributed by atoms with van der Waals surface area (Å²) in [5.41, 5.74) is -3.58. The average molecular weight is 747 g/mol. The molecule has 5 fully saturated rings. The minimum Gasteiger partial charge on any atom is -0.459 e. The van der Waals surface area contributed by atoms with Crippen molar-refractivity contribution in [2.45, 2.75) is 147 Å². The van der Waals surface area contributed by atoms with Crippen LogP contribution in [-0.4, -0.2) is 115 Å². The van der Waals surface area contributed by atoms with Gasteiger partial charge in [-0.15, -0.1) is 0 Å². The minimum absolute atomic E-state index is 0.0316.